The average molecular weight is 268 g/mol. The van der Waals surface area contributed by atoms with E-state index in [1.165, 1.54) is 11.3 Å². The van der Waals surface area contributed by atoms with E-state index >= 15 is 0 Å². The summed E-state index contributed by atoms with van der Waals surface area (Å²) in [5, 5.41) is 1.87. The van der Waals surface area contributed by atoms with E-state index in [0.29, 0.717) is 6.42 Å². The molecule has 1 N–H and O–H groups in total. The van der Waals surface area contributed by atoms with Crippen molar-refractivity contribution in [1.29, 1.82) is 0 Å². The number of rotatable bonds is 2. The van der Waals surface area contributed by atoms with Crippen LogP contribution in [0.5, 0.6) is 0 Å². The molecule has 10 heavy (non-hydrogen) atoms. The van der Waals surface area contributed by atoms with Crippen LogP contribution < -0.4 is 3.53 Å². The van der Waals surface area contributed by atoms with Crippen LogP contribution in [0.25, 0.3) is 0 Å². The molecule has 0 aliphatic carbocycles. The van der Waals surface area contributed by atoms with Crippen LogP contribution in [0.15, 0.2) is 10.9 Å². The van der Waals surface area contributed by atoms with Gasteiger partial charge in [-0.25, -0.2) is 4.98 Å². The van der Waals surface area contributed by atoms with Gasteiger partial charge in [0.25, 0.3) is 0 Å². The van der Waals surface area contributed by atoms with Crippen molar-refractivity contribution >= 4 is 40.1 Å². The van der Waals surface area contributed by atoms with Gasteiger partial charge in [0.2, 0.25) is 5.91 Å². The van der Waals surface area contributed by atoms with Crippen molar-refractivity contribution in [2.24, 2.45) is 0 Å². The zero-order valence-electron chi connectivity index (χ0n) is 5.00. The number of hydrogen-bond donors (Lipinski definition) is 1. The largest absolute Gasteiger partial charge is 0.298 e. The Morgan fingerprint density at radius 2 is 2.70 bits per heavy atom. The molecule has 0 atom stereocenters. The summed E-state index contributed by atoms with van der Waals surface area (Å²) in [6, 6.07) is 0. The van der Waals surface area contributed by atoms with E-state index < -0.39 is 0 Å². The molecule has 0 radical (unpaired) electrons. The molecule has 0 spiro atoms. The van der Waals surface area contributed by atoms with E-state index in [1.54, 1.807) is 5.51 Å². The van der Waals surface area contributed by atoms with Gasteiger partial charge in [-0.1, -0.05) is 0 Å². The summed E-state index contributed by atoms with van der Waals surface area (Å²) in [5.41, 5.74) is 2.55. The van der Waals surface area contributed by atoms with Crippen LogP contribution in [0.4, 0.5) is 0 Å². The fourth-order valence-electron chi connectivity index (χ4n) is 0.523. The van der Waals surface area contributed by atoms with E-state index in [1.807, 2.05) is 28.2 Å². The normalized spacial score (nSPS) is 9.30. The Kier molecular flexibility index (Phi) is 3.07. The first kappa shape index (κ1) is 7.93. The predicted molar refractivity (Wildman–Crippen MR) is 48.0 cm³/mol. The molecule has 1 rings (SSSR count). The van der Waals surface area contributed by atoms with Gasteiger partial charge in [-0.3, -0.25) is 8.32 Å². The number of aromatic nitrogens is 1. The zero-order chi connectivity index (χ0) is 7.40. The number of nitrogens with one attached hydrogen (secondary N) is 1. The number of nitrogens with zero attached hydrogens (tertiary/aromatic N) is 1. The van der Waals surface area contributed by atoms with Gasteiger partial charge in [0, 0.05) is 5.38 Å². The molecule has 1 amide bonds. The maximum atomic E-state index is 10.7. The predicted octanol–water partition coefficient (Wildman–Crippen LogP) is 1.15. The number of amides is 1. The lowest BCUT2D eigenvalue weighted by Gasteiger charge is -1.91. The van der Waals surface area contributed by atoms with Crippen molar-refractivity contribution in [1.82, 2.24) is 8.51 Å². The van der Waals surface area contributed by atoms with Gasteiger partial charge in [0.15, 0.2) is 0 Å². The van der Waals surface area contributed by atoms with Crippen LogP contribution in [-0.4, -0.2) is 10.9 Å². The van der Waals surface area contributed by atoms with Crippen LogP contribution in [0.1, 0.15) is 5.69 Å². The highest BCUT2D eigenvalue weighted by molar-refractivity contribution is 14.1. The average Bonchev–Trinajstić information content (AvgIpc) is 2.40. The molecule has 1 aromatic heterocycles. The third-order valence-corrected chi connectivity index (χ3v) is 2.17. The van der Waals surface area contributed by atoms with Gasteiger partial charge in [-0.05, 0) is 0 Å². The molecule has 0 bridgehead atoms. The van der Waals surface area contributed by atoms with Crippen LogP contribution in [-0.2, 0) is 11.2 Å². The van der Waals surface area contributed by atoms with Crippen LogP contribution in [0, 0.1) is 0 Å². The Morgan fingerprint density at radius 1 is 1.90 bits per heavy atom. The lowest BCUT2D eigenvalue weighted by molar-refractivity contribution is -0.118. The second kappa shape index (κ2) is 3.87. The van der Waals surface area contributed by atoms with Gasteiger partial charge in [-0.2, -0.15) is 0 Å². The molecule has 0 aromatic carbocycles. The summed E-state index contributed by atoms with van der Waals surface area (Å²) in [6.45, 7) is 0. The van der Waals surface area contributed by atoms with Gasteiger partial charge in [0.1, 0.15) is 0 Å². The molecule has 0 fully saturated rings. The third kappa shape index (κ3) is 2.22. The smallest absolute Gasteiger partial charge is 0.234 e. The van der Waals surface area contributed by atoms with Crippen molar-refractivity contribution < 1.29 is 4.79 Å². The van der Waals surface area contributed by atoms with E-state index in [9.17, 15) is 4.79 Å². The Bertz CT molecular complexity index is 211. The summed E-state index contributed by atoms with van der Waals surface area (Å²) >= 11 is 3.31. The minimum absolute atomic E-state index is 0.00787. The molecule has 0 saturated carbocycles. The standard InChI is InChI=1S/C5H5IN2OS/c6-8-5(9)1-4-2-10-3-7-4/h2-3H,1H2,(H,8,9). The molecule has 1 heterocycles. The maximum absolute atomic E-state index is 10.7. The van der Waals surface area contributed by atoms with Gasteiger partial charge in [-0.15, -0.1) is 11.3 Å². The van der Waals surface area contributed by atoms with Crippen molar-refractivity contribution in [3.05, 3.63) is 16.6 Å². The summed E-state index contributed by atoms with van der Waals surface area (Å²) in [5.74, 6) is -0.00787. The Morgan fingerprint density at radius 3 is 3.20 bits per heavy atom. The lowest BCUT2D eigenvalue weighted by atomic mass is 10.3. The second-order valence-corrected chi connectivity index (χ2v) is 2.93. The first-order valence-electron chi connectivity index (χ1n) is 2.59. The summed E-state index contributed by atoms with van der Waals surface area (Å²) in [4.78, 5) is 14.7. The molecular weight excluding hydrogens is 263 g/mol. The summed E-state index contributed by atoms with van der Waals surface area (Å²) < 4.78 is 2.50. The maximum Gasteiger partial charge on any atom is 0.234 e. The van der Waals surface area contributed by atoms with Crippen molar-refractivity contribution in [2.45, 2.75) is 6.42 Å². The van der Waals surface area contributed by atoms with Gasteiger partial charge in [0.05, 0.1) is 40.5 Å². The van der Waals surface area contributed by atoms with Crippen molar-refractivity contribution in [2.75, 3.05) is 0 Å². The lowest BCUT2D eigenvalue weighted by Crippen LogP contribution is -2.14. The van der Waals surface area contributed by atoms with E-state index in [2.05, 4.69) is 8.51 Å². The zero-order valence-corrected chi connectivity index (χ0v) is 7.98. The Balaban J connectivity index is 2.48. The van der Waals surface area contributed by atoms with Crippen LogP contribution in [0.3, 0.4) is 0 Å². The second-order valence-electron chi connectivity index (χ2n) is 1.67. The van der Waals surface area contributed by atoms with Crippen LogP contribution >= 0.6 is 34.2 Å². The molecule has 0 unspecified atom stereocenters. The SMILES string of the molecule is O=C(Cc1cscn1)NI. The highest BCUT2D eigenvalue weighted by atomic mass is 127. The minimum atomic E-state index is -0.00787. The van der Waals surface area contributed by atoms with Crippen molar-refractivity contribution in [3.63, 3.8) is 0 Å². The fourth-order valence-corrected chi connectivity index (χ4v) is 1.27. The number of carbonyl (C=O) groups excluding carboxylic acids is 1. The molecular formula is C5H5IN2OS. The summed E-state index contributed by atoms with van der Waals surface area (Å²) in [6.07, 6.45) is 0.381. The Labute approximate surface area is 76.4 Å². The number of halogens is 1. The molecule has 54 valence electrons. The first-order valence-corrected chi connectivity index (χ1v) is 4.61. The van der Waals surface area contributed by atoms with E-state index in [-0.39, 0.29) is 5.91 Å². The fraction of sp³-hybridized carbons (Fsp3) is 0.200. The third-order valence-electron chi connectivity index (χ3n) is 0.931. The molecule has 0 saturated heterocycles. The van der Waals surface area contributed by atoms with E-state index in [0.717, 1.165) is 5.69 Å². The number of hydrogen-bond acceptors (Lipinski definition) is 3. The van der Waals surface area contributed by atoms with E-state index in [4.69, 9.17) is 0 Å². The number of thiazole rings is 1. The monoisotopic (exact) mass is 268 g/mol. The highest BCUT2D eigenvalue weighted by Gasteiger charge is 2.01. The molecule has 0 aliphatic heterocycles. The molecule has 3 nitrogen and oxygen atoms in total. The summed E-state index contributed by atoms with van der Waals surface area (Å²) in [7, 11) is 0. The first-order chi connectivity index (χ1) is 4.83. The van der Waals surface area contributed by atoms with Gasteiger partial charge < -0.3 is 0 Å². The quantitative estimate of drug-likeness (QED) is 0.645. The molecule has 5 heteroatoms. The molecule has 1 aromatic rings. The Hall–Kier alpha value is -0.170. The van der Waals surface area contributed by atoms with Crippen LogP contribution in [0.2, 0.25) is 0 Å². The minimum Gasteiger partial charge on any atom is -0.298 e. The van der Waals surface area contributed by atoms with Crippen molar-refractivity contribution in [3.8, 4) is 0 Å². The highest BCUT2D eigenvalue weighted by Crippen LogP contribution is 2.01. The molecule has 0 aliphatic rings. The topological polar surface area (TPSA) is 42.0 Å². The van der Waals surface area contributed by atoms with Gasteiger partial charge >= 0.3 is 0 Å². The number of carbonyl (C=O) groups is 1.